The van der Waals surface area contributed by atoms with Crippen LogP contribution in [0.25, 0.3) is 10.9 Å². The van der Waals surface area contributed by atoms with Gasteiger partial charge in [-0.3, -0.25) is 30.6 Å². The quantitative estimate of drug-likeness (QED) is 0.0766. The molecule has 42 heavy (non-hydrogen) atoms. The molecule has 3 rings (SSSR count). The number of carboxylic acids is 2. The lowest BCUT2D eigenvalue weighted by atomic mass is 10.1. The van der Waals surface area contributed by atoms with Crippen molar-refractivity contribution in [2.45, 2.75) is 58.2 Å². The van der Waals surface area contributed by atoms with Crippen LogP contribution in [0.5, 0.6) is 5.75 Å². The summed E-state index contributed by atoms with van der Waals surface area (Å²) >= 11 is 0. The first-order chi connectivity index (χ1) is 20.1. The summed E-state index contributed by atoms with van der Waals surface area (Å²) < 4.78 is 12.6. The number of carbonyl (C=O) groups is 2. The van der Waals surface area contributed by atoms with Crippen molar-refractivity contribution in [2.24, 2.45) is 17.2 Å². The van der Waals surface area contributed by atoms with E-state index in [1.54, 1.807) is 41.8 Å². The number of aryl methyl sites for hydroxylation is 1. The first-order valence-electron chi connectivity index (χ1n) is 13.7. The molecule has 2 aromatic carbocycles. The number of hydrogen-bond donors (Lipinski definition) is 5. The van der Waals surface area contributed by atoms with Gasteiger partial charge in [-0.25, -0.2) is 4.98 Å². The number of fused-ring (bicyclic) bond motifs is 1. The van der Waals surface area contributed by atoms with Gasteiger partial charge in [0.15, 0.2) is 0 Å². The van der Waals surface area contributed by atoms with Crippen molar-refractivity contribution in [1.29, 1.82) is 0 Å². The Morgan fingerprint density at radius 2 is 1.81 bits per heavy atom. The van der Waals surface area contributed by atoms with Crippen molar-refractivity contribution in [3.8, 4) is 5.75 Å². The Balaban J connectivity index is 0.000000435. The highest BCUT2D eigenvalue weighted by Gasteiger charge is 2.12. The average Bonchev–Trinajstić information content (AvgIpc) is 2.97. The van der Waals surface area contributed by atoms with Gasteiger partial charge in [0.1, 0.15) is 30.3 Å². The van der Waals surface area contributed by atoms with Crippen LogP contribution < -0.4 is 37.6 Å². The highest BCUT2D eigenvalue weighted by molar-refractivity contribution is 5.77. The SMILES string of the molecule is CCO[C@@H](Cc1ccc(OCCn2c(CC)nc3ccccc3c2=O)cc1)C(=O)[O-].NC(N)=[NH+]CCC[C@@H](N)C(=O)O. The smallest absolute Gasteiger partial charge is 0.338 e. The van der Waals surface area contributed by atoms with Gasteiger partial charge < -0.3 is 30.2 Å². The van der Waals surface area contributed by atoms with Gasteiger partial charge in [-0.2, -0.15) is 0 Å². The fourth-order valence-corrected chi connectivity index (χ4v) is 3.99. The van der Waals surface area contributed by atoms with E-state index in [9.17, 15) is 19.5 Å². The lowest BCUT2D eigenvalue weighted by Gasteiger charge is -2.18. The molecule has 3 aromatic rings. The molecule has 0 amide bonds. The summed E-state index contributed by atoms with van der Waals surface area (Å²) in [7, 11) is 0. The van der Waals surface area contributed by atoms with E-state index < -0.39 is 24.1 Å². The molecule has 1 aromatic heterocycles. The fourth-order valence-electron chi connectivity index (χ4n) is 3.99. The number of carboxylic acid groups (broad SMARTS) is 2. The number of guanidine groups is 1. The lowest BCUT2D eigenvalue weighted by molar-refractivity contribution is -0.459. The molecule has 0 radical (unpaired) electrons. The van der Waals surface area contributed by atoms with E-state index in [0.29, 0.717) is 62.2 Å². The molecule has 228 valence electrons. The van der Waals surface area contributed by atoms with E-state index in [1.807, 2.05) is 25.1 Å². The average molecular weight is 585 g/mol. The number of nitrogens with zero attached hydrogens (tertiary/aromatic N) is 2. The van der Waals surface area contributed by atoms with E-state index in [0.717, 1.165) is 11.4 Å². The Kier molecular flexibility index (Phi) is 13.9. The predicted octanol–water partition coefficient (Wildman–Crippen LogP) is -1.73. The van der Waals surface area contributed by atoms with Crippen LogP contribution >= 0.6 is 0 Å². The second kappa shape index (κ2) is 17.4. The van der Waals surface area contributed by atoms with Crippen molar-refractivity contribution < 1.29 is 34.3 Å². The molecule has 0 spiro atoms. The maximum atomic E-state index is 12.8. The van der Waals surface area contributed by atoms with Gasteiger partial charge >= 0.3 is 11.9 Å². The zero-order valence-corrected chi connectivity index (χ0v) is 24.0. The van der Waals surface area contributed by atoms with Gasteiger partial charge in [0.05, 0.1) is 30.0 Å². The van der Waals surface area contributed by atoms with Crippen molar-refractivity contribution in [3.05, 3.63) is 70.3 Å². The summed E-state index contributed by atoms with van der Waals surface area (Å²) in [5.41, 5.74) is 16.9. The zero-order valence-electron chi connectivity index (χ0n) is 24.0. The predicted molar refractivity (Wildman–Crippen MR) is 155 cm³/mol. The third-order valence-corrected chi connectivity index (χ3v) is 6.15. The van der Waals surface area contributed by atoms with Crippen LogP contribution in [0.2, 0.25) is 0 Å². The second-order valence-corrected chi connectivity index (χ2v) is 9.28. The normalized spacial score (nSPS) is 12.1. The first-order valence-corrected chi connectivity index (χ1v) is 13.7. The molecule has 8 N–H and O–H groups in total. The van der Waals surface area contributed by atoms with E-state index in [-0.39, 0.29) is 17.9 Å². The van der Waals surface area contributed by atoms with E-state index in [4.69, 9.17) is 31.8 Å². The largest absolute Gasteiger partial charge is 0.547 e. The molecule has 0 bridgehead atoms. The Hall–Kier alpha value is -4.49. The molecule has 0 aliphatic heterocycles. The number of nitrogens with two attached hydrogens (primary N) is 3. The minimum Gasteiger partial charge on any atom is -0.547 e. The number of benzene rings is 2. The van der Waals surface area contributed by atoms with Crippen LogP contribution in [0.15, 0.2) is 53.3 Å². The Bertz CT molecular complexity index is 1390. The van der Waals surface area contributed by atoms with E-state index in [1.165, 1.54) is 0 Å². The van der Waals surface area contributed by atoms with Crippen molar-refractivity contribution in [2.75, 3.05) is 19.8 Å². The summed E-state index contributed by atoms with van der Waals surface area (Å²) in [6.07, 6.45) is 0.949. The summed E-state index contributed by atoms with van der Waals surface area (Å²) in [4.78, 5) is 41.4. The first kappa shape index (κ1) is 33.7. The fraction of sp³-hybridized carbons (Fsp3) is 0.414. The number of ether oxygens (including phenoxy) is 2. The number of hydrogen-bond acceptors (Lipinski definition) is 8. The molecule has 1 heterocycles. The van der Waals surface area contributed by atoms with Crippen molar-refractivity contribution in [1.82, 2.24) is 9.55 Å². The topological polar surface area (TPSA) is 223 Å². The highest BCUT2D eigenvalue weighted by Crippen LogP contribution is 2.15. The molecule has 2 atom stereocenters. The number of para-hydroxylation sites is 1. The Labute approximate surface area is 244 Å². The summed E-state index contributed by atoms with van der Waals surface area (Å²) in [6, 6.07) is 13.7. The molecule has 13 heteroatoms. The van der Waals surface area contributed by atoms with Gasteiger partial charge in [0.2, 0.25) is 0 Å². The van der Waals surface area contributed by atoms with Gasteiger partial charge in [0.25, 0.3) is 5.56 Å². The molecule has 0 fully saturated rings. The number of aromatic nitrogens is 2. The van der Waals surface area contributed by atoms with Gasteiger partial charge in [-0.1, -0.05) is 31.2 Å². The third kappa shape index (κ3) is 10.8. The van der Waals surface area contributed by atoms with Crippen LogP contribution in [0, 0.1) is 0 Å². The minimum atomic E-state index is -1.22. The molecule has 0 aliphatic carbocycles. The summed E-state index contributed by atoms with van der Waals surface area (Å²) in [5.74, 6) is -0.709. The zero-order chi connectivity index (χ0) is 31.1. The number of carbonyl (C=O) groups excluding carboxylic acids is 1. The van der Waals surface area contributed by atoms with Gasteiger partial charge in [-0.05, 0) is 49.6 Å². The second-order valence-electron chi connectivity index (χ2n) is 9.28. The van der Waals surface area contributed by atoms with Crippen LogP contribution in [0.4, 0.5) is 0 Å². The van der Waals surface area contributed by atoms with Gasteiger partial charge in [-0.15, -0.1) is 0 Å². The van der Waals surface area contributed by atoms with Crippen LogP contribution in [-0.4, -0.2) is 64.5 Å². The molecule has 0 aliphatic rings. The van der Waals surface area contributed by atoms with E-state index in [2.05, 4.69) is 9.98 Å². The third-order valence-electron chi connectivity index (χ3n) is 6.15. The lowest BCUT2D eigenvalue weighted by Crippen LogP contribution is -2.78. The molecular formula is C29H40N6O7. The number of aliphatic carboxylic acids is 2. The number of rotatable bonds is 15. The summed E-state index contributed by atoms with van der Waals surface area (Å²) in [6.45, 7) is 5.26. The number of nitrogens with one attached hydrogen (secondary N) is 1. The Morgan fingerprint density at radius 1 is 1.12 bits per heavy atom. The standard InChI is InChI=1S/C23H26N2O5.C6H14N4O2/c1-3-21-24-19-8-6-5-7-18(19)22(26)25(21)13-14-30-17-11-9-16(10-12-17)15-20(23(27)28)29-4-2;7-4(5(11)12)2-1-3-10-6(8)9/h5-12,20H,3-4,13-15H2,1-2H3,(H,27,28);4H,1-3,7H2,(H,11,12)(H4,8,9,10)/t20-;4-/m01/s1. The minimum absolute atomic E-state index is 0.0688. The summed E-state index contributed by atoms with van der Waals surface area (Å²) in [5, 5.41) is 20.1. The monoisotopic (exact) mass is 584 g/mol. The molecule has 13 nitrogen and oxygen atoms in total. The molecule has 0 saturated heterocycles. The molecule has 0 unspecified atom stereocenters. The van der Waals surface area contributed by atoms with Crippen molar-refractivity contribution in [3.63, 3.8) is 0 Å². The highest BCUT2D eigenvalue weighted by atomic mass is 16.5. The van der Waals surface area contributed by atoms with Gasteiger partial charge in [0, 0.05) is 19.4 Å². The molecular weight excluding hydrogens is 544 g/mol. The van der Waals surface area contributed by atoms with Crippen molar-refractivity contribution >= 4 is 28.8 Å². The van der Waals surface area contributed by atoms with Crippen LogP contribution in [-0.2, 0) is 33.7 Å². The Morgan fingerprint density at radius 3 is 2.40 bits per heavy atom. The van der Waals surface area contributed by atoms with Crippen LogP contribution in [0.1, 0.15) is 38.1 Å². The molecule has 0 saturated carbocycles. The van der Waals surface area contributed by atoms with Crippen LogP contribution in [0.3, 0.4) is 0 Å². The maximum Gasteiger partial charge on any atom is 0.338 e. The van der Waals surface area contributed by atoms with E-state index >= 15 is 0 Å². The maximum absolute atomic E-state index is 12.8.